The Morgan fingerprint density at radius 1 is 1.17 bits per heavy atom. The average Bonchev–Trinajstić information content (AvgIpc) is 2.56. The van der Waals surface area contributed by atoms with E-state index in [1.54, 1.807) is 27.0 Å². The van der Waals surface area contributed by atoms with Gasteiger partial charge in [0.25, 0.3) is 0 Å². The van der Waals surface area contributed by atoms with Crippen molar-refractivity contribution in [2.45, 2.75) is 52.1 Å². The minimum atomic E-state index is -3.51. The molecule has 1 unspecified atom stereocenters. The van der Waals surface area contributed by atoms with E-state index in [0.717, 1.165) is 24.8 Å². The van der Waals surface area contributed by atoms with Crippen molar-refractivity contribution in [3.63, 3.8) is 0 Å². The van der Waals surface area contributed by atoms with E-state index in [1.165, 1.54) is 0 Å². The minimum Gasteiger partial charge on any atom is -0.465 e. The third-order valence-corrected chi connectivity index (χ3v) is 5.94. The number of hydrogen-bond donors (Lipinski definition) is 0. The zero-order valence-electron chi connectivity index (χ0n) is 14.8. The highest BCUT2D eigenvalue weighted by Gasteiger charge is 2.41. The smallest absolute Gasteiger partial charge is 0.344 e. The van der Waals surface area contributed by atoms with Gasteiger partial charge >= 0.3 is 13.6 Å². The van der Waals surface area contributed by atoms with E-state index in [9.17, 15) is 9.36 Å². The standard InChI is InChI=1S/C17H28NO5P/c1-4-21-17(19)16(24(20,22-5-2)23-6-3)12-8-7-10-15-11-9-13-18-14-15/h9,11,13-14,16H,4-8,10,12H2,1-3H3. The molecule has 6 nitrogen and oxygen atoms in total. The lowest BCUT2D eigenvalue weighted by molar-refractivity contribution is -0.143. The molecule has 0 saturated heterocycles. The van der Waals surface area contributed by atoms with Crippen molar-refractivity contribution in [3.05, 3.63) is 30.1 Å². The van der Waals surface area contributed by atoms with Crippen LogP contribution >= 0.6 is 7.60 Å². The number of esters is 1. The maximum absolute atomic E-state index is 12.9. The summed E-state index contributed by atoms with van der Waals surface area (Å²) in [5, 5.41) is 0. The van der Waals surface area contributed by atoms with Crippen LogP contribution in [0.1, 0.15) is 45.6 Å². The molecule has 0 bridgehead atoms. The summed E-state index contributed by atoms with van der Waals surface area (Å²) in [5.41, 5.74) is 0.272. The molecular weight excluding hydrogens is 329 g/mol. The molecule has 1 aromatic heterocycles. The van der Waals surface area contributed by atoms with Crippen LogP contribution in [0.3, 0.4) is 0 Å². The van der Waals surface area contributed by atoms with Crippen molar-refractivity contribution in [3.8, 4) is 0 Å². The van der Waals surface area contributed by atoms with Gasteiger partial charge in [0.05, 0.1) is 19.8 Å². The van der Waals surface area contributed by atoms with Crippen molar-refractivity contribution in [1.82, 2.24) is 4.98 Å². The molecule has 136 valence electrons. The summed E-state index contributed by atoms with van der Waals surface area (Å²) in [5.74, 6) is -0.510. The van der Waals surface area contributed by atoms with Gasteiger partial charge in [0.1, 0.15) is 0 Å². The summed E-state index contributed by atoms with van der Waals surface area (Å²) < 4.78 is 28.7. The lowest BCUT2D eigenvalue weighted by atomic mass is 10.1. The number of carbonyl (C=O) groups excluding carboxylic acids is 1. The maximum atomic E-state index is 12.9. The average molecular weight is 357 g/mol. The van der Waals surface area contributed by atoms with Gasteiger partial charge in [-0.05, 0) is 51.7 Å². The zero-order valence-corrected chi connectivity index (χ0v) is 15.7. The van der Waals surface area contributed by atoms with Crippen LogP contribution in [-0.2, 0) is 29.6 Å². The van der Waals surface area contributed by atoms with Gasteiger partial charge in [-0.1, -0.05) is 12.5 Å². The van der Waals surface area contributed by atoms with Gasteiger partial charge < -0.3 is 13.8 Å². The fourth-order valence-corrected chi connectivity index (χ4v) is 4.42. The Bertz CT molecular complexity index is 513. The topological polar surface area (TPSA) is 74.7 Å². The highest BCUT2D eigenvalue weighted by atomic mass is 31.2. The van der Waals surface area contributed by atoms with Gasteiger partial charge in [-0.3, -0.25) is 14.3 Å². The summed E-state index contributed by atoms with van der Waals surface area (Å²) in [6.07, 6.45) is 6.42. The van der Waals surface area contributed by atoms with E-state index in [2.05, 4.69) is 4.98 Å². The van der Waals surface area contributed by atoms with Gasteiger partial charge in [0, 0.05) is 12.4 Å². The molecule has 1 atom stereocenters. The van der Waals surface area contributed by atoms with Crippen LogP contribution in [0.2, 0.25) is 0 Å². The Kier molecular flexibility index (Phi) is 9.84. The first kappa shape index (κ1) is 20.8. The van der Waals surface area contributed by atoms with E-state index in [1.807, 2.05) is 18.3 Å². The minimum absolute atomic E-state index is 0.225. The molecular formula is C17H28NO5P. The molecule has 0 fully saturated rings. The van der Waals surface area contributed by atoms with Crippen molar-refractivity contribution >= 4 is 13.6 Å². The van der Waals surface area contributed by atoms with Crippen LogP contribution in [-0.4, -0.2) is 36.4 Å². The quantitative estimate of drug-likeness (QED) is 0.320. The zero-order chi connectivity index (χ0) is 17.8. The Hall–Kier alpha value is -1.23. The van der Waals surface area contributed by atoms with E-state index in [4.69, 9.17) is 13.8 Å². The molecule has 0 N–H and O–H groups in total. The van der Waals surface area contributed by atoms with Crippen molar-refractivity contribution in [1.29, 1.82) is 0 Å². The van der Waals surface area contributed by atoms with Gasteiger partial charge in [-0.2, -0.15) is 0 Å². The third-order valence-electron chi connectivity index (χ3n) is 3.47. The highest BCUT2D eigenvalue weighted by Crippen LogP contribution is 2.55. The number of rotatable bonds is 12. The van der Waals surface area contributed by atoms with Gasteiger partial charge in [-0.25, -0.2) is 0 Å². The number of pyridine rings is 1. The van der Waals surface area contributed by atoms with Gasteiger partial charge in [0.15, 0.2) is 5.66 Å². The Balaban J connectivity index is 2.67. The number of unbranched alkanes of at least 4 members (excludes halogenated alkanes) is 1. The summed E-state index contributed by atoms with van der Waals surface area (Å²) in [4.78, 5) is 16.3. The molecule has 24 heavy (non-hydrogen) atoms. The van der Waals surface area contributed by atoms with Crippen molar-refractivity contribution in [2.75, 3.05) is 19.8 Å². The summed E-state index contributed by atoms with van der Waals surface area (Å²) >= 11 is 0. The maximum Gasteiger partial charge on any atom is 0.344 e. The fourth-order valence-electron chi connectivity index (χ4n) is 2.43. The van der Waals surface area contributed by atoms with E-state index in [0.29, 0.717) is 6.42 Å². The van der Waals surface area contributed by atoms with Crippen LogP contribution in [0, 0.1) is 0 Å². The monoisotopic (exact) mass is 357 g/mol. The molecule has 0 aliphatic rings. The van der Waals surface area contributed by atoms with E-state index in [-0.39, 0.29) is 19.8 Å². The molecule has 7 heteroatoms. The normalized spacial score (nSPS) is 12.8. The van der Waals surface area contributed by atoms with Crippen molar-refractivity contribution < 1.29 is 23.1 Å². The lowest BCUT2D eigenvalue weighted by Gasteiger charge is -2.24. The molecule has 0 saturated carbocycles. The molecule has 0 aliphatic heterocycles. The first-order chi connectivity index (χ1) is 11.6. The molecule has 1 rings (SSSR count). The third kappa shape index (κ3) is 6.71. The second kappa shape index (κ2) is 11.3. The highest BCUT2D eigenvalue weighted by molar-refractivity contribution is 7.55. The van der Waals surface area contributed by atoms with Crippen LogP contribution in [0.25, 0.3) is 0 Å². The second-order valence-corrected chi connectivity index (χ2v) is 7.47. The predicted molar refractivity (Wildman–Crippen MR) is 93.1 cm³/mol. The first-order valence-electron chi connectivity index (χ1n) is 8.51. The number of aromatic nitrogens is 1. The number of carbonyl (C=O) groups is 1. The number of aryl methyl sites for hydroxylation is 1. The van der Waals surface area contributed by atoms with Crippen LogP contribution in [0.5, 0.6) is 0 Å². The van der Waals surface area contributed by atoms with Gasteiger partial charge in [-0.15, -0.1) is 0 Å². The first-order valence-corrected chi connectivity index (χ1v) is 10.1. The Morgan fingerprint density at radius 3 is 2.42 bits per heavy atom. The summed E-state index contributed by atoms with van der Waals surface area (Å²) in [6.45, 7) is 5.88. The lowest BCUT2D eigenvalue weighted by Crippen LogP contribution is -2.26. The van der Waals surface area contributed by atoms with E-state index >= 15 is 0 Å². The molecule has 0 spiro atoms. The number of ether oxygens (including phenoxy) is 1. The van der Waals surface area contributed by atoms with E-state index < -0.39 is 19.2 Å². The molecule has 1 heterocycles. The Labute approximate surface area is 144 Å². The fraction of sp³-hybridized carbons (Fsp3) is 0.647. The predicted octanol–water partition coefficient (Wildman–Crippen LogP) is 3.99. The number of hydrogen-bond acceptors (Lipinski definition) is 6. The molecule has 1 aromatic rings. The van der Waals surface area contributed by atoms with Crippen LogP contribution < -0.4 is 0 Å². The van der Waals surface area contributed by atoms with Crippen molar-refractivity contribution in [2.24, 2.45) is 0 Å². The summed E-state index contributed by atoms with van der Waals surface area (Å²) in [6, 6.07) is 3.91. The van der Waals surface area contributed by atoms with Crippen LogP contribution in [0.4, 0.5) is 0 Å². The Morgan fingerprint density at radius 2 is 1.88 bits per heavy atom. The molecule has 0 aliphatic carbocycles. The number of nitrogens with zero attached hydrogens (tertiary/aromatic N) is 1. The second-order valence-electron chi connectivity index (χ2n) is 5.25. The molecule has 0 radical (unpaired) electrons. The molecule has 0 amide bonds. The van der Waals surface area contributed by atoms with Gasteiger partial charge in [0.2, 0.25) is 0 Å². The largest absolute Gasteiger partial charge is 0.465 e. The molecule has 0 aromatic carbocycles. The summed E-state index contributed by atoms with van der Waals surface area (Å²) in [7, 11) is -3.51. The van der Waals surface area contributed by atoms with Crippen LogP contribution in [0.15, 0.2) is 24.5 Å². The SMILES string of the molecule is CCOC(=O)C(CCCCc1cccnc1)P(=O)(OCC)OCC.